The zero-order valence-electron chi connectivity index (χ0n) is 18.4. The van der Waals surface area contributed by atoms with Gasteiger partial charge >= 0.3 is 0 Å². The number of hydrogen-bond acceptors (Lipinski definition) is 4. The van der Waals surface area contributed by atoms with E-state index in [0.717, 1.165) is 37.8 Å². The van der Waals surface area contributed by atoms with Crippen LogP contribution in [-0.4, -0.2) is 24.6 Å². The third-order valence-electron chi connectivity index (χ3n) is 5.11. The summed E-state index contributed by atoms with van der Waals surface area (Å²) in [7, 11) is 1.64. The van der Waals surface area contributed by atoms with Crippen LogP contribution in [0.15, 0.2) is 76.5 Å². The van der Waals surface area contributed by atoms with Crippen LogP contribution < -0.4 is 14.8 Å². The Kier molecular flexibility index (Phi) is 6.71. The van der Waals surface area contributed by atoms with Crippen LogP contribution in [0.3, 0.4) is 0 Å². The first kappa shape index (κ1) is 21.8. The Morgan fingerprint density at radius 1 is 1.00 bits per heavy atom. The van der Waals surface area contributed by atoms with Gasteiger partial charge in [-0.2, -0.15) is 0 Å². The number of methoxy groups -OCH3 is 1. The van der Waals surface area contributed by atoms with Gasteiger partial charge < -0.3 is 19.8 Å². The van der Waals surface area contributed by atoms with E-state index in [-0.39, 0.29) is 5.91 Å². The lowest BCUT2D eigenvalue weighted by Crippen LogP contribution is -2.23. The number of ether oxygens (including phenoxy) is 2. The molecule has 32 heavy (non-hydrogen) atoms. The molecule has 6 heteroatoms. The fraction of sp³-hybridized carbons (Fsp3) is 0.192. The minimum absolute atomic E-state index is 0.149. The number of carbonyl (C=O) groups is 1. The topological polar surface area (TPSA) is 63.3 Å². The second kappa shape index (κ2) is 9.83. The number of benzene rings is 3. The van der Waals surface area contributed by atoms with Gasteiger partial charge in [0.15, 0.2) is 0 Å². The lowest BCUT2D eigenvalue weighted by molar-refractivity contribution is 0.0944. The normalized spacial score (nSPS) is 10.8. The molecule has 0 spiro atoms. The maximum absolute atomic E-state index is 13.2. The highest BCUT2D eigenvalue weighted by Gasteiger charge is 2.19. The van der Waals surface area contributed by atoms with Crippen LogP contribution in [0.25, 0.3) is 10.9 Å². The monoisotopic (exact) mass is 446 g/mol. The van der Waals surface area contributed by atoms with Crippen molar-refractivity contribution in [2.45, 2.75) is 30.2 Å². The predicted octanol–water partition coefficient (Wildman–Crippen LogP) is 5.96. The van der Waals surface area contributed by atoms with Gasteiger partial charge in [0.1, 0.15) is 17.2 Å². The number of nitrogens with one attached hydrogen (secondary N) is 2. The number of H-pyrrole nitrogens is 1. The second-order valence-electron chi connectivity index (χ2n) is 7.42. The van der Waals surface area contributed by atoms with E-state index in [1.54, 1.807) is 18.9 Å². The molecule has 0 aliphatic carbocycles. The van der Waals surface area contributed by atoms with Crippen LogP contribution in [0.4, 0.5) is 0 Å². The van der Waals surface area contributed by atoms with Gasteiger partial charge in [-0.1, -0.05) is 41.6 Å². The van der Waals surface area contributed by atoms with Crippen LogP contribution in [0.2, 0.25) is 0 Å². The zero-order valence-corrected chi connectivity index (χ0v) is 19.2. The Labute approximate surface area is 192 Å². The van der Waals surface area contributed by atoms with Crippen molar-refractivity contribution in [3.63, 3.8) is 0 Å². The van der Waals surface area contributed by atoms with Crippen LogP contribution in [0, 0.1) is 6.92 Å². The molecule has 4 aromatic rings. The third-order valence-corrected chi connectivity index (χ3v) is 6.25. The first-order chi connectivity index (χ1) is 15.6. The number of hydrogen-bond donors (Lipinski definition) is 2. The molecule has 0 unspecified atom stereocenters. The van der Waals surface area contributed by atoms with Crippen molar-refractivity contribution in [1.29, 1.82) is 0 Å². The highest BCUT2D eigenvalue weighted by atomic mass is 32.2. The first-order valence-corrected chi connectivity index (χ1v) is 11.3. The quantitative estimate of drug-likeness (QED) is 0.350. The van der Waals surface area contributed by atoms with Crippen LogP contribution in [0.1, 0.15) is 28.5 Å². The lowest BCUT2D eigenvalue weighted by atomic mass is 10.2. The van der Waals surface area contributed by atoms with Gasteiger partial charge in [-0.25, -0.2) is 0 Å². The molecule has 1 aromatic heterocycles. The minimum Gasteiger partial charge on any atom is -0.497 e. The summed E-state index contributed by atoms with van der Waals surface area (Å²) in [6.07, 6.45) is 0. The van der Waals surface area contributed by atoms with Crippen LogP contribution in [0.5, 0.6) is 11.5 Å². The molecular formula is C26H26N2O3S. The Bertz CT molecular complexity index is 1210. The summed E-state index contributed by atoms with van der Waals surface area (Å²) in [5.74, 6) is 1.42. The number of carbonyl (C=O) groups excluding carboxylic acids is 1. The molecule has 1 amide bonds. The van der Waals surface area contributed by atoms with Crippen molar-refractivity contribution in [3.05, 3.63) is 83.6 Å². The summed E-state index contributed by atoms with van der Waals surface area (Å²) in [5, 5.41) is 4.02. The summed E-state index contributed by atoms with van der Waals surface area (Å²) in [6, 6.07) is 21.9. The molecule has 4 rings (SSSR count). The molecule has 0 radical (unpaired) electrons. The van der Waals surface area contributed by atoms with E-state index >= 15 is 0 Å². The largest absolute Gasteiger partial charge is 0.497 e. The van der Waals surface area contributed by atoms with E-state index < -0.39 is 0 Å². The van der Waals surface area contributed by atoms with Gasteiger partial charge in [-0.15, -0.1) is 0 Å². The highest BCUT2D eigenvalue weighted by Crippen LogP contribution is 2.38. The highest BCUT2D eigenvalue weighted by molar-refractivity contribution is 7.99. The molecular weight excluding hydrogens is 420 g/mol. The van der Waals surface area contributed by atoms with Gasteiger partial charge in [-0.3, -0.25) is 4.79 Å². The maximum Gasteiger partial charge on any atom is 0.269 e. The van der Waals surface area contributed by atoms with Crippen molar-refractivity contribution in [2.24, 2.45) is 0 Å². The number of rotatable bonds is 8. The summed E-state index contributed by atoms with van der Waals surface area (Å²) >= 11 is 1.58. The molecule has 5 nitrogen and oxygen atoms in total. The van der Waals surface area contributed by atoms with Crippen molar-refractivity contribution in [1.82, 2.24) is 10.3 Å². The smallest absolute Gasteiger partial charge is 0.269 e. The summed E-state index contributed by atoms with van der Waals surface area (Å²) in [5.41, 5.74) is 3.62. The molecule has 164 valence electrons. The van der Waals surface area contributed by atoms with E-state index in [0.29, 0.717) is 18.8 Å². The number of amides is 1. The van der Waals surface area contributed by atoms with Crippen LogP contribution >= 0.6 is 11.8 Å². The Morgan fingerprint density at radius 3 is 2.41 bits per heavy atom. The molecule has 0 saturated carbocycles. The second-order valence-corrected chi connectivity index (χ2v) is 8.50. The van der Waals surface area contributed by atoms with Gasteiger partial charge in [0, 0.05) is 22.9 Å². The van der Waals surface area contributed by atoms with Gasteiger partial charge in [0.2, 0.25) is 0 Å². The SMILES string of the molecule is CCOc1ccc(CNC(=O)c2[nH]c3cc(OC)ccc3c2Sc2ccc(C)cc2)cc1. The lowest BCUT2D eigenvalue weighted by Gasteiger charge is -2.08. The Hall–Kier alpha value is -3.38. The number of aryl methyl sites for hydroxylation is 1. The average molecular weight is 447 g/mol. The fourth-order valence-corrected chi connectivity index (χ4v) is 4.45. The van der Waals surface area contributed by atoms with E-state index in [9.17, 15) is 4.79 Å². The van der Waals surface area contributed by atoms with E-state index in [4.69, 9.17) is 9.47 Å². The number of aromatic nitrogens is 1. The molecule has 0 aliphatic rings. The van der Waals surface area contributed by atoms with Gasteiger partial charge in [0.25, 0.3) is 5.91 Å². The van der Waals surface area contributed by atoms with E-state index in [1.807, 2.05) is 49.4 Å². The Balaban J connectivity index is 1.60. The summed E-state index contributed by atoms with van der Waals surface area (Å²) in [6.45, 7) is 5.07. The molecule has 0 bridgehead atoms. The van der Waals surface area contributed by atoms with E-state index in [2.05, 4.69) is 41.5 Å². The maximum atomic E-state index is 13.2. The molecule has 2 N–H and O–H groups in total. The number of aromatic amines is 1. The zero-order chi connectivity index (χ0) is 22.5. The summed E-state index contributed by atoms with van der Waals surface area (Å²) < 4.78 is 10.8. The van der Waals surface area contributed by atoms with E-state index in [1.165, 1.54) is 5.56 Å². The molecule has 0 saturated heterocycles. The molecule has 1 heterocycles. The minimum atomic E-state index is -0.149. The van der Waals surface area contributed by atoms with Crippen molar-refractivity contribution in [2.75, 3.05) is 13.7 Å². The van der Waals surface area contributed by atoms with Gasteiger partial charge in [-0.05, 0) is 55.8 Å². The first-order valence-electron chi connectivity index (χ1n) is 10.5. The molecule has 0 aliphatic heterocycles. The summed E-state index contributed by atoms with van der Waals surface area (Å²) in [4.78, 5) is 18.4. The van der Waals surface area contributed by atoms with Gasteiger partial charge in [0.05, 0.1) is 24.1 Å². The Morgan fingerprint density at radius 2 is 1.72 bits per heavy atom. The average Bonchev–Trinajstić information content (AvgIpc) is 3.17. The third kappa shape index (κ3) is 4.92. The van der Waals surface area contributed by atoms with Crippen LogP contribution in [-0.2, 0) is 6.54 Å². The van der Waals surface area contributed by atoms with Crippen molar-refractivity contribution < 1.29 is 14.3 Å². The predicted molar refractivity (Wildman–Crippen MR) is 129 cm³/mol. The molecule has 0 atom stereocenters. The fourth-order valence-electron chi connectivity index (χ4n) is 3.41. The standard InChI is InChI=1S/C26H26N2O3S/c1-4-31-19-9-7-18(8-10-19)16-27-26(29)24-25(32-21-12-5-17(2)6-13-21)22-14-11-20(30-3)15-23(22)28-24/h5-15,28H,4,16H2,1-3H3,(H,27,29). The number of fused-ring (bicyclic) bond motifs is 1. The van der Waals surface area contributed by atoms with Crippen molar-refractivity contribution >= 4 is 28.6 Å². The van der Waals surface area contributed by atoms with Crippen molar-refractivity contribution in [3.8, 4) is 11.5 Å². The molecule has 0 fully saturated rings. The molecule has 3 aromatic carbocycles.